The number of para-hydroxylation sites is 1. The van der Waals surface area contributed by atoms with Crippen LogP contribution in [0.15, 0.2) is 71.6 Å². The first-order chi connectivity index (χ1) is 14.9. The topological polar surface area (TPSA) is 53.2 Å². The Morgan fingerprint density at radius 1 is 0.903 bits per heavy atom. The molecule has 4 nitrogen and oxygen atoms in total. The van der Waals surface area contributed by atoms with Crippen molar-refractivity contribution in [2.75, 3.05) is 6.54 Å². The summed E-state index contributed by atoms with van der Waals surface area (Å²) >= 11 is 0. The number of hydrogen-bond donors (Lipinski definition) is 1. The minimum atomic E-state index is -3.68. The number of H-pyrrole nitrogens is 1. The first-order valence-electron chi connectivity index (χ1n) is 10.6. The molecule has 1 N–H and O–H groups in total. The largest absolute Gasteiger partial charge is 0.357 e. The molecule has 0 amide bonds. The van der Waals surface area contributed by atoms with Crippen molar-refractivity contribution >= 4 is 20.9 Å². The molecule has 1 atom stereocenters. The van der Waals surface area contributed by atoms with Crippen molar-refractivity contribution in [2.24, 2.45) is 0 Å². The van der Waals surface area contributed by atoms with E-state index in [9.17, 15) is 8.42 Å². The van der Waals surface area contributed by atoms with Gasteiger partial charge in [-0.25, -0.2) is 8.42 Å². The van der Waals surface area contributed by atoms with E-state index in [1.807, 2.05) is 69.3 Å². The van der Waals surface area contributed by atoms with Crippen molar-refractivity contribution in [2.45, 2.75) is 38.1 Å². The molecule has 0 radical (unpaired) electrons. The van der Waals surface area contributed by atoms with Crippen molar-refractivity contribution in [3.8, 4) is 0 Å². The maximum absolute atomic E-state index is 13.9. The summed E-state index contributed by atoms with van der Waals surface area (Å²) in [4.78, 5) is 3.93. The van der Waals surface area contributed by atoms with Crippen LogP contribution in [0, 0.1) is 20.8 Å². The molecular weight excluding hydrogens is 404 g/mol. The number of fused-ring (bicyclic) bond motifs is 3. The number of sulfonamides is 1. The van der Waals surface area contributed by atoms with Gasteiger partial charge in [0.05, 0.1) is 10.9 Å². The Hall–Kier alpha value is -2.89. The standard InChI is InChI=1S/C26H26N2O2S/c1-17-8-11-20(12-9-17)26-25-22(21-6-4-5-7-23(21)27-25)14-15-28(26)31(29,30)24-13-10-18(2)16-19(24)3/h4-13,16,26-27H,14-15H2,1-3H3/t26-/m1/s1. The molecule has 1 aliphatic heterocycles. The Balaban J connectivity index is 1.72. The van der Waals surface area contributed by atoms with E-state index in [-0.39, 0.29) is 6.04 Å². The second-order valence-electron chi connectivity index (χ2n) is 8.51. The van der Waals surface area contributed by atoms with Gasteiger partial charge in [0, 0.05) is 23.1 Å². The molecule has 2 heterocycles. The minimum Gasteiger partial charge on any atom is -0.357 e. The highest BCUT2D eigenvalue weighted by atomic mass is 32.2. The van der Waals surface area contributed by atoms with Crippen LogP contribution in [0.2, 0.25) is 0 Å². The molecule has 5 heteroatoms. The molecule has 0 fully saturated rings. The van der Waals surface area contributed by atoms with Crippen molar-refractivity contribution < 1.29 is 8.42 Å². The van der Waals surface area contributed by atoms with Gasteiger partial charge in [-0.15, -0.1) is 0 Å². The van der Waals surface area contributed by atoms with Gasteiger partial charge >= 0.3 is 0 Å². The number of aromatic nitrogens is 1. The molecule has 31 heavy (non-hydrogen) atoms. The Morgan fingerprint density at radius 3 is 2.35 bits per heavy atom. The third kappa shape index (κ3) is 3.29. The monoisotopic (exact) mass is 430 g/mol. The number of aryl methyl sites for hydroxylation is 3. The lowest BCUT2D eigenvalue weighted by molar-refractivity contribution is 0.340. The van der Waals surface area contributed by atoms with E-state index < -0.39 is 10.0 Å². The van der Waals surface area contributed by atoms with Crippen molar-refractivity contribution in [1.29, 1.82) is 0 Å². The Kier molecular flexibility index (Phi) is 4.76. The summed E-state index contributed by atoms with van der Waals surface area (Å²) in [6, 6.07) is 21.6. The molecule has 3 aromatic carbocycles. The zero-order valence-corrected chi connectivity index (χ0v) is 18.8. The van der Waals surface area contributed by atoms with E-state index in [1.54, 1.807) is 10.4 Å². The molecule has 5 rings (SSSR count). The molecule has 158 valence electrons. The van der Waals surface area contributed by atoms with E-state index >= 15 is 0 Å². The molecule has 0 saturated heterocycles. The highest BCUT2D eigenvalue weighted by molar-refractivity contribution is 7.89. The maximum atomic E-state index is 13.9. The number of nitrogens with one attached hydrogen (secondary N) is 1. The van der Waals surface area contributed by atoms with E-state index in [0.29, 0.717) is 17.9 Å². The first kappa shape index (κ1) is 20.0. The molecule has 0 saturated carbocycles. The molecule has 0 spiro atoms. The fraction of sp³-hybridized carbons (Fsp3) is 0.231. The summed E-state index contributed by atoms with van der Waals surface area (Å²) in [6.07, 6.45) is 0.686. The summed E-state index contributed by atoms with van der Waals surface area (Å²) in [5.74, 6) is 0. The van der Waals surface area contributed by atoms with E-state index in [1.165, 1.54) is 10.9 Å². The molecule has 0 bridgehead atoms. The zero-order valence-electron chi connectivity index (χ0n) is 18.0. The fourth-order valence-corrected chi connectivity index (χ4v) is 6.57. The number of hydrogen-bond acceptors (Lipinski definition) is 2. The van der Waals surface area contributed by atoms with Crippen molar-refractivity contribution in [3.05, 3.63) is 100 Å². The highest BCUT2D eigenvalue weighted by Gasteiger charge is 2.39. The van der Waals surface area contributed by atoms with Crippen LogP contribution in [0.5, 0.6) is 0 Å². The SMILES string of the molecule is Cc1ccc([C@@H]2c3[nH]c4ccccc4c3CCN2S(=O)(=O)c2ccc(C)cc2C)cc1. The Bertz CT molecular complexity index is 1380. The van der Waals surface area contributed by atoms with Crippen LogP contribution >= 0.6 is 0 Å². The van der Waals surface area contributed by atoms with E-state index in [4.69, 9.17) is 0 Å². The minimum absolute atomic E-state index is 0.384. The predicted octanol–water partition coefficient (Wildman–Crippen LogP) is 5.43. The Morgan fingerprint density at radius 2 is 1.61 bits per heavy atom. The average Bonchev–Trinajstić information content (AvgIpc) is 3.12. The summed E-state index contributed by atoms with van der Waals surface area (Å²) in [7, 11) is -3.68. The second-order valence-corrected chi connectivity index (χ2v) is 10.4. The first-order valence-corrected chi connectivity index (χ1v) is 12.1. The van der Waals surface area contributed by atoms with Gasteiger partial charge in [-0.3, -0.25) is 0 Å². The van der Waals surface area contributed by atoms with Crippen LogP contribution in [0.25, 0.3) is 10.9 Å². The van der Waals surface area contributed by atoms with Gasteiger partial charge < -0.3 is 4.98 Å². The average molecular weight is 431 g/mol. The lowest BCUT2D eigenvalue weighted by atomic mass is 9.94. The van der Waals surface area contributed by atoms with Crippen LogP contribution in [-0.4, -0.2) is 24.3 Å². The van der Waals surface area contributed by atoms with Crippen LogP contribution in [0.1, 0.15) is 39.6 Å². The molecule has 0 unspecified atom stereocenters. The smallest absolute Gasteiger partial charge is 0.244 e. The van der Waals surface area contributed by atoms with Crippen molar-refractivity contribution in [3.63, 3.8) is 0 Å². The van der Waals surface area contributed by atoms with Gasteiger partial charge in [0.15, 0.2) is 0 Å². The number of benzene rings is 3. The third-order valence-corrected chi connectivity index (χ3v) is 8.33. The van der Waals surface area contributed by atoms with Crippen LogP contribution in [0.3, 0.4) is 0 Å². The zero-order chi connectivity index (χ0) is 21.8. The van der Waals surface area contributed by atoms with Gasteiger partial charge in [-0.05, 0) is 56.0 Å². The quantitative estimate of drug-likeness (QED) is 0.471. The third-order valence-electron chi connectivity index (χ3n) is 6.30. The molecule has 4 aromatic rings. The van der Waals surface area contributed by atoms with Crippen molar-refractivity contribution in [1.82, 2.24) is 9.29 Å². The lowest BCUT2D eigenvalue weighted by Gasteiger charge is -2.35. The summed E-state index contributed by atoms with van der Waals surface area (Å²) in [6.45, 7) is 6.35. The van der Waals surface area contributed by atoms with E-state index in [2.05, 4.69) is 17.1 Å². The van der Waals surface area contributed by atoms with Gasteiger partial charge in [0.1, 0.15) is 0 Å². The van der Waals surface area contributed by atoms with E-state index in [0.717, 1.165) is 33.5 Å². The molecule has 1 aliphatic rings. The number of aromatic amines is 1. The van der Waals surface area contributed by atoms with Gasteiger partial charge in [-0.2, -0.15) is 4.31 Å². The molecule has 0 aliphatic carbocycles. The lowest BCUT2D eigenvalue weighted by Crippen LogP contribution is -2.40. The van der Waals surface area contributed by atoms with Crippen LogP contribution in [0.4, 0.5) is 0 Å². The summed E-state index contributed by atoms with van der Waals surface area (Å²) in [5.41, 5.74) is 7.22. The van der Waals surface area contributed by atoms with Gasteiger partial charge in [-0.1, -0.05) is 65.7 Å². The molecule has 1 aromatic heterocycles. The fourth-order valence-electron chi connectivity index (χ4n) is 4.77. The normalized spacial score (nSPS) is 17.1. The maximum Gasteiger partial charge on any atom is 0.244 e. The molecular formula is C26H26N2O2S. The Labute approximate surface area is 183 Å². The van der Waals surface area contributed by atoms with Gasteiger partial charge in [0.2, 0.25) is 10.0 Å². The summed E-state index contributed by atoms with van der Waals surface area (Å²) in [5, 5.41) is 1.18. The predicted molar refractivity (Wildman–Crippen MR) is 125 cm³/mol. The van der Waals surface area contributed by atoms with Crippen LogP contribution < -0.4 is 0 Å². The summed E-state index contributed by atoms with van der Waals surface area (Å²) < 4.78 is 29.5. The number of rotatable bonds is 3. The highest BCUT2D eigenvalue weighted by Crippen LogP contribution is 2.41. The number of nitrogens with zero attached hydrogens (tertiary/aromatic N) is 1. The van der Waals surface area contributed by atoms with Crippen LogP contribution in [-0.2, 0) is 16.4 Å². The van der Waals surface area contributed by atoms with Gasteiger partial charge in [0.25, 0.3) is 0 Å². The second kappa shape index (κ2) is 7.36.